The first kappa shape index (κ1) is 28.5. The molecule has 0 radical (unpaired) electrons. The van der Waals surface area contributed by atoms with E-state index in [2.05, 4.69) is 30.8 Å². The summed E-state index contributed by atoms with van der Waals surface area (Å²) in [5, 5.41) is 0.641. The number of anilines is 1. The molecule has 0 aliphatic carbocycles. The minimum atomic E-state index is -1.22. The Hall–Kier alpha value is -5.64. The highest BCUT2D eigenvalue weighted by atomic mass is 19.2. The fraction of sp³-hybridized carbons (Fsp3) is 0.161. The van der Waals surface area contributed by atoms with Crippen molar-refractivity contribution in [1.29, 1.82) is 0 Å². The van der Waals surface area contributed by atoms with E-state index in [1.54, 1.807) is 17.0 Å². The average molecular weight is 600 g/mol. The Morgan fingerprint density at radius 3 is 2.48 bits per heavy atom. The van der Waals surface area contributed by atoms with Gasteiger partial charge in [0.2, 0.25) is 0 Å². The van der Waals surface area contributed by atoms with Crippen LogP contribution in [0.4, 0.5) is 23.4 Å². The van der Waals surface area contributed by atoms with Crippen molar-refractivity contribution in [3.05, 3.63) is 83.6 Å². The van der Waals surface area contributed by atoms with E-state index in [1.807, 2.05) is 0 Å². The molecule has 0 spiro atoms. The van der Waals surface area contributed by atoms with Gasteiger partial charge in [-0.25, -0.2) is 27.5 Å². The smallest absolute Gasteiger partial charge is 0.318 e. The summed E-state index contributed by atoms with van der Waals surface area (Å²) in [6.07, 6.45) is 10.7. The summed E-state index contributed by atoms with van der Waals surface area (Å²) in [4.78, 5) is 36.6. The van der Waals surface area contributed by atoms with Crippen molar-refractivity contribution in [2.75, 3.05) is 38.2 Å². The van der Waals surface area contributed by atoms with E-state index in [9.17, 15) is 18.0 Å². The Labute approximate surface area is 247 Å². The maximum absolute atomic E-state index is 16.2. The number of carbonyl (C=O) groups is 1. The number of nitrogens with zero attached hydrogens (tertiary/aromatic N) is 7. The first-order valence-electron chi connectivity index (χ1n) is 13.3. The largest absolute Gasteiger partial charge is 0.467 e. The van der Waals surface area contributed by atoms with Crippen molar-refractivity contribution in [3.8, 4) is 29.6 Å². The van der Waals surface area contributed by atoms with Crippen LogP contribution < -0.4 is 9.64 Å². The van der Waals surface area contributed by atoms with Crippen LogP contribution in [0.1, 0.15) is 11.4 Å². The lowest BCUT2D eigenvalue weighted by Gasteiger charge is -2.35. The molecule has 1 amide bonds. The number of amides is 1. The Bertz CT molecular complexity index is 2010. The molecule has 6 rings (SSSR count). The second kappa shape index (κ2) is 11.6. The second-order valence-electron chi connectivity index (χ2n) is 9.69. The zero-order chi connectivity index (χ0) is 31.0. The zero-order valence-corrected chi connectivity index (χ0v) is 23.1. The Balaban J connectivity index is 1.35. The highest BCUT2D eigenvalue weighted by molar-refractivity contribution is 6.02. The summed E-state index contributed by atoms with van der Waals surface area (Å²) in [6.45, 7) is 0.757. The SMILES string of the molecule is C#Cc1c(F)c(F)cc2cccc(-c3ncc4c(N5CCN(C(=O)/C(F)=C/c6ncccn6)CC5)nc(OC)nc4c3F)c12. The number of fused-ring (bicyclic) bond motifs is 2. The van der Waals surface area contributed by atoms with Crippen LogP contribution in [-0.2, 0) is 4.79 Å². The number of halogens is 4. The van der Waals surface area contributed by atoms with Crippen LogP contribution in [0.2, 0.25) is 0 Å². The molecular formula is C31H21F4N7O2. The summed E-state index contributed by atoms with van der Waals surface area (Å²) in [6, 6.07) is 7.02. The van der Waals surface area contributed by atoms with Gasteiger partial charge in [0.15, 0.2) is 29.1 Å². The molecule has 1 fully saturated rings. The summed E-state index contributed by atoms with van der Waals surface area (Å²) in [7, 11) is 1.33. The van der Waals surface area contributed by atoms with Gasteiger partial charge >= 0.3 is 6.01 Å². The van der Waals surface area contributed by atoms with Crippen molar-refractivity contribution in [2.45, 2.75) is 0 Å². The maximum Gasteiger partial charge on any atom is 0.318 e. The molecular weight excluding hydrogens is 578 g/mol. The number of aromatic nitrogens is 5. The van der Waals surface area contributed by atoms with E-state index < -0.39 is 29.2 Å². The fourth-order valence-corrected chi connectivity index (χ4v) is 5.11. The average Bonchev–Trinajstić information content (AvgIpc) is 3.05. The fourth-order valence-electron chi connectivity index (χ4n) is 5.11. The van der Waals surface area contributed by atoms with Crippen molar-refractivity contribution >= 4 is 39.5 Å². The minimum Gasteiger partial charge on any atom is -0.467 e. The molecule has 0 unspecified atom stereocenters. The second-order valence-corrected chi connectivity index (χ2v) is 9.69. The molecule has 3 aromatic heterocycles. The van der Waals surface area contributed by atoms with E-state index >= 15 is 4.39 Å². The number of hydrogen-bond acceptors (Lipinski definition) is 8. The zero-order valence-electron chi connectivity index (χ0n) is 23.1. The number of ether oxygens (including phenoxy) is 1. The first-order chi connectivity index (χ1) is 21.3. The molecule has 1 aliphatic heterocycles. The quantitative estimate of drug-likeness (QED) is 0.163. The Kier molecular flexibility index (Phi) is 7.48. The minimum absolute atomic E-state index is 0.0711. The van der Waals surface area contributed by atoms with Crippen molar-refractivity contribution in [1.82, 2.24) is 29.8 Å². The molecule has 5 aromatic rings. The van der Waals surface area contributed by atoms with Gasteiger partial charge in [0, 0.05) is 61.8 Å². The number of pyridine rings is 1. The van der Waals surface area contributed by atoms with E-state index in [1.165, 1.54) is 42.7 Å². The molecule has 1 saturated heterocycles. The lowest BCUT2D eigenvalue weighted by Crippen LogP contribution is -2.49. The molecule has 220 valence electrons. The van der Waals surface area contributed by atoms with E-state index in [-0.39, 0.29) is 76.5 Å². The normalized spacial score (nSPS) is 13.8. The van der Waals surface area contributed by atoms with Gasteiger partial charge in [-0.2, -0.15) is 9.97 Å². The van der Waals surface area contributed by atoms with Gasteiger partial charge < -0.3 is 14.5 Å². The van der Waals surface area contributed by atoms with Crippen molar-refractivity contribution < 1.29 is 27.1 Å². The van der Waals surface area contributed by atoms with Gasteiger partial charge in [-0.15, -0.1) is 6.42 Å². The monoisotopic (exact) mass is 599 g/mol. The number of rotatable bonds is 5. The van der Waals surface area contributed by atoms with Gasteiger partial charge in [-0.3, -0.25) is 9.78 Å². The molecule has 0 saturated carbocycles. The van der Waals surface area contributed by atoms with Crippen molar-refractivity contribution in [2.24, 2.45) is 0 Å². The van der Waals surface area contributed by atoms with E-state index in [0.29, 0.717) is 5.82 Å². The molecule has 2 aromatic carbocycles. The molecule has 13 heteroatoms. The summed E-state index contributed by atoms with van der Waals surface area (Å²) in [5.74, 6) is -2.47. The number of benzene rings is 2. The topological polar surface area (TPSA) is 97.2 Å². The third-order valence-corrected chi connectivity index (χ3v) is 7.20. The molecule has 0 bridgehead atoms. The Morgan fingerprint density at radius 1 is 1.02 bits per heavy atom. The van der Waals surface area contributed by atoms with Crippen LogP contribution in [0.15, 0.2) is 54.7 Å². The van der Waals surface area contributed by atoms with Crippen molar-refractivity contribution in [3.63, 3.8) is 0 Å². The van der Waals surface area contributed by atoms with Crippen LogP contribution in [0.5, 0.6) is 6.01 Å². The highest BCUT2D eigenvalue weighted by Crippen LogP contribution is 2.37. The first-order valence-corrected chi connectivity index (χ1v) is 13.3. The number of methoxy groups -OCH3 is 1. The molecule has 9 nitrogen and oxygen atoms in total. The van der Waals surface area contributed by atoms with E-state index in [0.717, 1.165) is 12.1 Å². The van der Waals surface area contributed by atoms with Crippen LogP contribution in [-0.4, -0.2) is 69.0 Å². The lowest BCUT2D eigenvalue weighted by molar-refractivity contribution is -0.128. The third kappa shape index (κ3) is 5.00. The molecule has 4 heterocycles. The van der Waals surface area contributed by atoms with Crippen LogP contribution in [0, 0.1) is 29.8 Å². The lowest BCUT2D eigenvalue weighted by atomic mass is 9.96. The molecule has 44 heavy (non-hydrogen) atoms. The summed E-state index contributed by atoms with van der Waals surface area (Å²) >= 11 is 0. The number of terminal acetylenes is 1. The highest BCUT2D eigenvalue weighted by Gasteiger charge is 2.28. The molecule has 0 N–H and O–H groups in total. The predicted molar refractivity (Wildman–Crippen MR) is 155 cm³/mol. The third-order valence-electron chi connectivity index (χ3n) is 7.20. The van der Waals surface area contributed by atoms with E-state index in [4.69, 9.17) is 11.2 Å². The Morgan fingerprint density at radius 2 is 1.77 bits per heavy atom. The molecule has 1 aliphatic rings. The van der Waals surface area contributed by atoms with Crippen LogP contribution >= 0.6 is 0 Å². The number of carbonyl (C=O) groups excluding carboxylic acids is 1. The van der Waals surface area contributed by atoms with Gasteiger partial charge in [0.25, 0.3) is 5.91 Å². The van der Waals surface area contributed by atoms with Crippen LogP contribution in [0.25, 0.3) is 39.0 Å². The standard InChI is InChI=1S/C31H21F4N7O2/c1-3-18-24-17(14-21(32)25(18)34)6-4-7-19(24)27-26(35)28-20(16-38-27)29(40-31(39-28)44-2)41-10-12-42(13-11-41)30(43)22(33)15-23-36-8-5-9-37-23/h1,4-9,14-16H,10-13H2,2H3/b22-15-. The summed E-state index contributed by atoms with van der Waals surface area (Å²) in [5.41, 5.74) is -0.518. The predicted octanol–water partition coefficient (Wildman–Crippen LogP) is 4.70. The van der Waals surface area contributed by atoms with Gasteiger partial charge in [-0.1, -0.05) is 24.1 Å². The maximum atomic E-state index is 16.2. The number of hydrogen-bond donors (Lipinski definition) is 0. The molecule has 0 atom stereocenters. The number of piperazine rings is 1. The summed E-state index contributed by atoms with van der Waals surface area (Å²) < 4.78 is 64.9. The van der Waals surface area contributed by atoms with Gasteiger partial charge in [-0.05, 0) is 17.5 Å². The van der Waals surface area contributed by atoms with Gasteiger partial charge in [0.05, 0.1) is 18.1 Å². The van der Waals surface area contributed by atoms with Crippen LogP contribution in [0.3, 0.4) is 0 Å². The van der Waals surface area contributed by atoms with Gasteiger partial charge in [0.1, 0.15) is 17.0 Å².